The Morgan fingerprint density at radius 2 is 2.11 bits per heavy atom. The van der Waals surface area contributed by atoms with Crippen molar-refractivity contribution in [1.29, 1.82) is 10.5 Å². The average molecular weight is 270 g/mol. The van der Waals surface area contributed by atoms with Gasteiger partial charge < -0.3 is 10.2 Å². The zero-order valence-corrected chi connectivity index (χ0v) is 11.0. The minimum Gasteiger partial charge on any atom is -0.468 e. The zero-order valence-electron chi connectivity index (χ0n) is 10.2. The predicted molar refractivity (Wildman–Crippen MR) is 71.1 cm³/mol. The van der Waals surface area contributed by atoms with Gasteiger partial charge >= 0.3 is 0 Å². The highest BCUT2D eigenvalue weighted by Gasteiger charge is 2.16. The van der Waals surface area contributed by atoms with E-state index in [1.807, 2.05) is 12.1 Å². The molecule has 0 bridgehead atoms. The lowest BCUT2D eigenvalue weighted by molar-refractivity contribution is 0.530. The third kappa shape index (κ3) is 2.54. The lowest BCUT2D eigenvalue weighted by Crippen LogP contribution is -2.02. The summed E-state index contributed by atoms with van der Waals surface area (Å²) in [6.07, 6.45) is 1.59. The van der Waals surface area contributed by atoms with Gasteiger partial charge in [0.15, 0.2) is 0 Å². The Bertz CT molecular complexity index is 680. The predicted octanol–water partition coefficient (Wildman–Crippen LogP) is 2.60. The summed E-state index contributed by atoms with van der Waals surface area (Å²) in [5, 5.41) is 18.7. The fraction of sp³-hybridized carbons (Fsp3) is 0.154. The first-order valence-corrected chi connectivity index (χ1v) is 6.41. The first kappa shape index (κ1) is 13.0. The molecule has 0 saturated heterocycles. The molecule has 6 heteroatoms. The van der Waals surface area contributed by atoms with Gasteiger partial charge in [0, 0.05) is 0 Å². The Morgan fingerprint density at radius 3 is 2.68 bits per heavy atom. The number of hydrogen-bond acceptors (Lipinski definition) is 6. The molecule has 2 rings (SSSR count). The van der Waals surface area contributed by atoms with Crippen LogP contribution in [0.1, 0.15) is 22.5 Å². The second kappa shape index (κ2) is 5.47. The molecule has 0 aliphatic heterocycles. The van der Waals surface area contributed by atoms with E-state index in [9.17, 15) is 5.26 Å². The van der Waals surface area contributed by atoms with E-state index >= 15 is 0 Å². The highest BCUT2D eigenvalue weighted by Crippen LogP contribution is 2.29. The van der Waals surface area contributed by atoms with Crippen LogP contribution in [0.25, 0.3) is 0 Å². The fourth-order valence-corrected chi connectivity index (χ4v) is 2.56. The van der Waals surface area contributed by atoms with Crippen LogP contribution < -0.4 is 5.73 Å². The van der Waals surface area contributed by atoms with E-state index in [1.54, 1.807) is 19.3 Å². The van der Waals surface area contributed by atoms with Gasteiger partial charge in [-0.25, -0.2) is 4.98 Å². The van der Waals surface area contributed by atoms with E-state index in [1.165, 1.54) is 11.8 Å². The highest BCUT2D eigenvalue weighted by atomic mass is 32.2. The molecule has 94 valence electrons. The van der Waals surface area contributed by atoms with E-state index < -0.39 is 0 Å². The van der Waals surface area contributed by atoms with Crippen LogP contribution in [-0.2, 0) is 5.75 Å². The molecular formula is C13H10N4OS. The normalized spacial score (nSPS) is 9.84. The summed E-state index contributed by atoms with van der Waals surface area (Å²) in [5.74, 6) is 1.50. The molecule has 2 aromatic heterocycles. The second-order valence-electron chi connectivity index (χ2n) is 3.77. The van der Waals surface area contributed by atoms with E-state index in [2.05, 4.69) is 11.1 Å². The molecule has 5 nitrogen and oxygen atoms in total. The molecule has 2 aromatic rings. The number of nitriles is 2. The first-order valence-electron chi connectivity index (χ1n) is 5.42. The third-order valence-corrected chi connectivity index (χ3v) is 3.59. The van der Waals surface area contributed by atoms with Gasteiger partial charge in [-0.2, -0.15) is 10.5 Å². The smallest absolute Gasteiger partial charge is 0.143 e. The lowest BCUT2D eigenvalue weighted by Gasteiger charge is -2.08. The molecule has 0 unspecified atom stereocenters. The number of thioether (sulfide) groups is 1. The van der Waals surface area contributed by atoms with E-state index in [4.69, 9.17) is 15.4 Å². The van der Waals surface area contributed by atoms with Crippen LogP contribution in [0.3, 0.4) is 0 Å². The standard InChI is InChI=1S/C13H10N4OS/c1-8-10(5-14)12(16)17-13(11(8)6-15)19-7-9-3-2-4-18-9/h2-4H,7H2,1H3,(H2,16,17). The number of aromatic nitrogens is 1. The van der Waals surface area contributed by atoms with Gasteiger partial charge in [0.05, 0.1) is 23.1 Å². The number of hydrogen-bond donors (Lipinski definition) is 1. The molecule has 0 aromatic carbocycles. The molecule has 2 N–H and O–H groups in total. The molecule has 0 radical (unpaired) electrons. The maximum atomic E-state index is 9.19. The van der Waals surface area contributed by atoms with Crippen molar-refractivity contribution in [2.24, 2.45) is 0 Å². The van der Waals surface area contributed by atoms with E-state index in [0.29, 0.717) is 21.9 Å². The number of anilines is 1. The quantitative estimate of drug-likeness (QED) is 0.860. The Labute approximate surface area is 114 Å². The number of furan rings is 1. The largest absolute Gasteiger partial charge is 0.468 e. The van der Waals surface area contributed by atoms with Crippen molar-refractivity contribution in [3.05, 3.63) is 40.8 Å². The summed E-state index contributed by atoms with van der Waals surface area (Å²) in [6.45, 7) is 1.70. The minimum absolute atomic E-state index is 0.154. The van der Waals surface area contributed by atoms with Crippen LogP contribution in [0.4, 0.5) is 5.82 Å². The van der Waals surface area contributed by atoms with Crippen LogP contribution in [0, 0.1) is 29.6 Å². The Balaban J connectivity index is 2.36. The molecule has 0 atom stereocenters. The van der Waals surface area contributed by atoms with Crippen molar-refractivity contribution in [2.45, 2.75) is 17.7 Å². The molecule has 0 spiro atoms. The molecular weight excluding hydrogens is 260 g/mol. The van der Waals surface area contributed by atoms with Crippen LogP contribution in [0.15, 0.2) is 27.8 Å². The SMILES string of the molecule is Cc1c(C#N)c(N)nc(SCc2ccco2)c1C#N. The van der Waals surface area contributed by atoms with Crippen molar-refractivity contribution in [2.75, 3.05) is 5.73 Å². The molecule has 0 aliphatic rings. The van der Waals surface area contributed by atoms with Crippen LogP contribution in [0.2, 0.25) is 0 Å². The zero-order chi connectivity index (χ0) is 13.8. The maximum absolute atomic E-state index is 9.19. The minimum atomic E-state index is 0.154. The molecule has 0 saturated carbocycles. The van der Waals surface area contributed by atoms with Crippen molar-refractivity contribution >= 4 is 17.6 Å². The van der Waals surface area contributed by atoms with Crippen molar-refractivity contribution in [3.63, 3.8) is 0 Å². The van der Waals surface area contributed by atoms with Gasteiger partial charge in [0.1, 0.15) is 28.7 Å². The van der Waals surface area contributed by atoms with Gasteiger partial charge in [0.2, 0.25) is 0 Å². The molecule has 19 heavy (non-hydrogen) atoms. The van der Waals surface area contributed by atoms with Gasteiger partial charge in [-0.05, 0) is 24.6 Å². The van der Waals surface area contributed by atoms with Gasteiger partial charge in [-0.15, -0.1) is 0 Å². The Hall–Kier alpha value is -2.44. The van der Waals surface area contributed by atoms with E-state index in [-0.39, 0.29) is 11.4 Å². The summed E-state index contributed by atoms with van der Waals surface area (Å²) in [5.41, 5.74) is 6.95. The van der Waals surface area contributed by atoms with Crippen LogP contribution in [-0.4, -0.2) is 4.98 Å². The van der Waals surface area contributed by atoms with Crippen molar-refractivity contribution in [1.82, 2.24) is 4.98 Å². The van der Waals surface area contributed by atoms with Gasteiger partial charge in [-0.3, -0.25) is 0 Å². The van der Waals surface area contributed by atoms with Crippen molar-refractivity contribution in [3.8, 4) is 12.1 Å². The average Bonchev–Trinajstić information content (AvgIpc) is 2.89. The fourth-order valence-electron chi connectivity index (χ4n) is 1.61. The van der Waals surface area contributed by atoms with Crippen molar-refractivity contribution < 1.29 is 4.42 Å². The molecule has 0 fully saturated rings. The van der Waals surface area contributed by atoms with Crippen LogP contribution in [0.5, 0.6) is 0 Å². The number of rotatable bonds is 3. The highest BCUT2D eigenvalue weighted by molar-refractivity contribution is 7.98. The second-order valence-corrected chi connectivity index (χ2v) is 4.73. The summed E-state index contributed by atoms with van der Waals surface area (Å²) < 4.78 is 5.22. The van der Waals surface area contributed by atoms with E-state index in [0.717, 1.165) is 5.76 Å². The van der Waals surface area contributed by atoms with Crippen LogP contribution >= 0.6 is 11.8 Å². The summed E-state index contributed by atoms with van der Waals surface area (Å²) in [6, 6.07) is 7.69. The van der Waals surface area contributed by atoms with Gasteiger partial charge in [0.25, 0.3) is 0 Å². The molecule has 0 aliphatic carbocycles. The first-order chi connectivity index (χ1) is 9.17. The van der Waals surface area contributed by atoms with Gasteiger partial charge in [-0.1, -0.05) is 11.8 Å². The molecule has 2 heterocycles. The monoisotopic (exact) mass is 270 g/mol. The number of nitrogens with two attached hydrogens (primary N) is 1. The Kier molecular flexibility index (Phi) is 3.74. The third-order valence-electron chi connectivity index (χ3n) is 2.60. The summed E-state index contributed by atoms with van der Waals surface area (Å²) in [7, 11) is 0. The topological polar surface area (TPSA) is 99.6 Å². The number of nitrogen functional groups attached to an aromatic ring is 1. The Morgan fingerprint density at radius 1 is 1.37 bits per heavy atom. The summed E-state index contributed by atoms with van der Waals surface area (Å²) in [4.78, 5) is 4.13. The number of nitrogens with zero attached hydrogens (tertiary/aromatic N) is 3. The maximum Gasteiger partial charge on any atom is 0.143 e. The number of pyridine rings is 1. The lowest BCUT2D eigenvalue weighted by atomic mass is 10.1. The molecule has 0 amide bonds. The summed E-state index contributed by atoms with van der Waals surface area (Å²) >= 11 is 1.36.